The number of nitrogens with zero attached hydrogens (tertiary/aromatic N) is 1. The molecular weight excluding hydrogens is 226 g/mol. The Balaban J connectivity index is 2.13. The second kappa shape index (κ2) is 6.15. The molecule has 17 heavy (non-hydrogen) atoms. The lowest BCUT2D eigenvalue weighted by molar-refractivity contribution is 0.455. The maximum Gasteiger partial charge on any atom is 0.0715 e. The predicted molar refractivity (Wildman–Crippen MR) is 76.2 cm³/mol. The fraction of sp³-hybridized carbons (Fsp3) is 0.467. The molecule has 1 aliphatic rings. The van der Waals surface area contributed by atoms with Crippen molar-refractivity contribution in [2.75, 3.05) is 13.1 Å². The summed E-state index contributed by atoms with van der Waals surface area (Å²) in [6.45, 7) is 6.86. The molecule has 0 saturated carbocycles. The van der Waals surface area contributed by atoms with Crippen LogP contribution in [-0.2, 0) is 0 Å². The molecule has 0 N–H and O–H groups in total. The molecule has 0 spiro atoms. The van der Waals surface area contributed by atoms with Crippen LogP contribution in [0.15, 0.2) is 40.3 Å². The molecule has 92 valence electrons. The molecule has 1 fully saturated rings. The average molecular weight is 247 g/mol. The van der Waals surface area contributed by atoms with Gasteiger partial charge >= 0.3 is 0 Å². The van der Waals surface area contributed by atoms with Gasteiger partial charge in [-0.15, -0.1) is 0 Å². The van der Waals surface area contributed by atoms with E-state index in [1.807, 2.05) is 11.8 Å². The summed E-state index contributed by atoms with van der Waals surface area (Å²) in [5, 5.41) is 1.44. The van der Waals surface area contributed by atoms with Crippen LogP contribution in [0.2, 0.25) is 0 Å². The summed E-state index contributed by atoms with van der Waals surface area (Å²) in [4.78, 5) is 3.92. The average Bonchev–Trinajstić information content (AvgIpc) is 2.85. The lowest BCUT2D eigenvalue weighted by atomic mass is 10.2. The van der Waals surface area contributed by atoms with Crippen molar-refractivity contribution in [1.29, 1.82) is 0 Å². The van der Waals surface area contributed by atoms with Crippen LogP contribution in [0.5, 0.6) is 0 Å². The Morgan fingerprint density at radius 2 is 2.00 bits per heavy atom. The number of aryl methyl sites for hydroxylation is 1. The summed E-state index contributed by atoms with van der Waals surface area (Å²) in [6.07, 6.45) is 6.16. The third kappa shape index (κ3) is 3.29. The van der Waals surface area contributed by atoms with E-state index in [0.717, 1.165) is 6.42 Å². The normalized spacial score (nSPS) is 16.6. The topological polar surface area (TPSA) is 3.24 Å². The van der Waals surface area contributed by atoms with Crippen LogP contribution in [0.1, 0.15) is 31.7 Å². The van der Waals surface area contributed by atoms with Gasteiger partial charge in [0, 0.05) is 18.0 Å². The van der Waals surface area contributed by atoms with E-state index in [2.05, 4.69) is 49.1 Å². The van der Waals surface area contributed by atoms with Crippen molar-refractivity contribution in [2.45, 2.75) is 38.0 Å². The first-order valence-electron chi connectivity index (χ1n) is 6.50. The fourth-order valence-electron chi connectivity index (χ4n) is 2.13. The third-order valence-electron chi connectivity index (χ3n) is 3.10. The Morgan fingerprint density at radius 1 is 1.29 bits per heavy atom. The quantitative estimate of drug-likeness (QED) is 0.724. The Kier molecular flexibility index (Phi) is 4.55. The van der Waals surface area contributed by atoms with Crippen molar-refractivity contribution in [1.82, 2.24) is 4.90 Å². The van der Waals surface area contributed by atoms with Crippen LogP contribution in [0.3, 0.4) is 0 Å². The van der Waals surface area contributed by atoms with Gasteiger partial charge in [-0.3, -0.25) is 0 Å². The third-order valence-corrected chi connectivity index (χ3v) is 4.42. The molecule has 1 aliphatic heterocycles. The largest absolute Gasteiger partial charge is 0.366 e. The number of benzene rings is 1. The number of allylic oxidation sites excluding steroid dienone is 1. The lowest BCUT2D eigenvalue weighted by Crippen LogP contribution is -2.16. The lowest BCUT2D eigenvalue weighted by Gasteiger charge is -2.21. The standard InChI is InChI=1S/C15H21NS/c1-3-8-15(16-11-6-7-12-16)17-14-10-5-4-9-13(14)2/h4-5,8-10H,3,6-7,11-12H2,1-2H3/b15-8-. The zero-order chi connectivity index (χ0) is 12.1. The summed E-state index contributed by atoms with van der Waals surface area (Å²) < 4.78 is 0. The predicted octanol–water partition coefficient (Wildman–Crippen LogP) is 4.43. The van der Waals surface area contributed by atoms with E-state index in [9.17, 15) is 0 Å². The zero-order valence-corrected chi connectivity index (χ0v) is 11.6. The van der Waals surface area contributed by atoms with Gasteiger partial charge in [0.1, 0.15) is 0 Å². The molecule has 2 rings (SSSR count). The fourth-order valence-corrected chi connectivity index (χ4v) is 3.29. The number of thioether (sulfide) groups is 1. The van der Waals surface area contributed by atoms with Crippen LogP contribution < -0.4 is 0 Å². The molecule has 1 aromatic carbocycles. The van der Waals surface area contributed by atoms with Crippen molar-refractivity contribution < 1.29 is 0 Å². The summed E-state index contributed by atoms with van der Waals surface area (Å²) >= 11 is 1.92. The van der Waals surface area contributed by atoms with Gasteiger partial charge in [-0.25, -0.2) is 0 Å². The highest BCUT2D eigenvalue weighted by atomic mass is 32.2. The molecular formula is C15H21NS. The maximum absolute atomic E-state index is 2.53. The van der Waals surface area contributed by atoms with Crippen molar-refractivity contribution in [3.8, 4) is 0 Å². The van der Waals surface area contributed by atoms with Gasteiger partial charge < -0.3 is 4.90 Å². The number of rotatable bonds is 4. The van der Waals surface area contributed by atoms with Crippen molar-refractivity contribution in [3.63, 3.8) is 0 Å². The Labute approximate surface area is 109 Å². The van der Waals surface area contributed by atoms with Crippen LogP contribution in [0.4, 0.5) is 0 Å². The molecule has 2 heteroatoms. The summed E-state index contributed by atoms with van der Waals surface area (Å²) in [7, 11) is 0. The highest BCUT2D eigenvalue weighted by Crippen LogP contribution is 2.33. The zero-order valence-electron chi connectivity index (χ0n) is 10.8. The van der Waals surface area contributed by atoms with Crippen LogP contribution in [0.25, 0.3) is 0 Å². The first kappa shape index (κ1) is 12.6. The summed E-state index contributed by atoms with van der Waals surface area (Å²) in [5.74, 6) is 0. The monoisotopic (exact) mass is 247 g/mol. The van der Waals surface area contributed by atoms with Crippen molar-refractivity contribution in [2.24, 2.45) is 0 Å². The first-order chi connectivity index (χ1) is 8.31. The van der Waals surface area contributed by atoms with E-state index in [0.29, 0.717) is 0 Å². The van der Waals surface area contributed by atoms with Crippen molar-refractivity contribution in [3.05, 3.63) is 40.9 Å². The van der Waals surface area contributed by atoms with E-state index >= 15 is 0 Å². The van der Waals surface area contributed by atoms with E-state index < -0.39 is 0 Å². The highest BCUT2D eigenvalue weighted by molar-refractivity contribution is 8.03. The van der Waals surface area contributed by atoms with E-state index in [-0.39, 0.29) is 0 Å². The minimum atomic E-state index is 1.12. The summed E-state index contributed by atoms with van der Waals surface area (Å²) in [6, 6.07) is 8.65. The number of hydrogen-bond acceptors (Lipinski definition) is 2. The molecule has 1 nitrogen and oxygen atoms in total. The molecule has 0 atom stereocenters. The Hall–Kier alpha value is -0.890. The van der Waals surface area contributed by atoms with Gasteiger partial charge in [-0.05, 0) is 37.8 Å². The molecule has 0 aromatic heterocycles. The SMILES string of the molecule is CC/C=C(\Sc1ccccc1C)N1CCCC1. The molecule has 1 aromatic rings. The smallest absolute Gasteiger partial charge is 0.0715 e. The van der Waals surface area contributed by atoms with E-state index in [1.165, 1.54) is 41.4 Å². The van der Waals surface area contributed by atoms with Gasteiger partial charge in [0.05, 0.1) is 5.03 Å². The Morgan fingerprint density at radius 3 is 2.65 bits per heavy atom. The second-order valence-corrected chi connectivity index (χ2v) is 5.57. The molecule has 0 aliphatic carbocycles. The van der Waals surface area contributed by atoms with Crippen molar-refractivity contribution >= 4 is 11.8 Å². The van der Waals surface area contributed by atoms with Gasteiger partial charge in [-0.2, -0.15) is 0 Å². The molecule has 0 bridgehead atoms. The van der Waals surface area contributed by atoms with Crippen LogP contribution >= 0.6 is 11.8 Å². The number of hydrogen-bond donors (Lipinski definition) is 0. The maximum atomic E-state index is 2.53. The van der Waals surface area contributed by atoms with E-state index in [1.54, 1.807) is 0 Å². The van der Waals surface area contributed by atoms with Crippen LogP contribution in [0, 0.1) is 6.92 Å². The minimum absolute atomic E-state index is 1.12. The number of likely N-dealkylation sites (tertiary alicyclic amines) is 1. The van der Waals surface area contributed by atoms with Gasteiger partial charge in [0.25, 0.3) is 0 Å². The minimum Gasteiger partial charge on any atom is -0.366 e. The molecule has 0 amide bonds. The first-order valence-corrected chi connectivity index (χ1v) is 7.31. The Bertz CT molecular complexity index is 392. The van der Waals surface area contributed by atoms with Gasteiger partial charge in [-0.1, -0.05) is 43.0 Å². The molecule has 1 heterocycles. The molecule has 0 unspecified atom stereocenters. The van der Waals surface area contributed by atoms with E-state index in [4.69, 9.17) is 0 Å². The van der Waals surface area contributed by atoms with Gasteiger partial charge in [0.15, 0.2) is 0 Å². The van der Waals surface area contributed by atoms with Gasteiger partial charge in [0.2, 0.25) is 0 Å². The summed E-state index contributed by atoms with van der Waals surface area (Å²) in [5.41, 5.74) is 1.37. The second-order valence-electron chi connectivity index (χ2n) is 4.51. The highest BCUT2D eigenvalue weighted by Gasteiger charge is 2.15. The molecule has 1 saturated heterocycles. The van der Waals surface area contributed by atoms with Crippen LogP contribution in [-0.4, -0.2) is 18.0 Å². The molecule has 0 radical (unpaired) electrons.